The van der Waals surface area contributed by atoms with E-state index < -0.39 is 5.54 Å². The topological polar surface area (TPSA) is 62.6 Å². The molecule has 0 spiro atoms. The molecular formula is C14H30N3O2+. The molecule has 1 unspecified atom stereocenters. The van der Waals surface area contributed by atoms with Gasteiger partial charge in [-0.3, -0.25) is 9.59 Å². The Kier molecular flexibility index (Phi) is 7.68. The predicted octanol–water partition coefficient (Wildman–Crippen LogP) is -0.422. The average molecular weight is 272 g/mol. The van der Waals surface area contributed by atoms with Crippen LogP contribution in [0.1, 0.15) is 40.5 Å². The van der Waals surface area contributed by atoms with Crippen LogP contribution in [0.3, 0.4) is 0 Å². The second-order valence-corrected chi connectivity index (χ2v) is 5.99. The van der Waals surface area contributed by atoms with Crippen LogP contribution >= 0.6 is 0 Å². The van der Waals surface area contributed by atoms with Gasteiger partial charge in [0.05, 0.1) is 20.6 Å². The molecule has 0 saturated carbocycles. The Morgan fingerprint density at radius 3 is 2.32 bits per heavy atom. The average Bonchev–Trinajstić information content (AvgIpc) is 2.32. The Morgan fingerprint density at radius 1 is 1.26 bits per heavy atom. The Balaban J connectivity index is 4.17. The lowest BCUT2D eigenvalue weighted by molar-refractivity contribution is -0.858. The van der Waals surface area contributed by atoms with Gasteiger partial charge in [0.15, 0.2) is 0 Å². The molecule has 0 aliphatic rings. The van der Waals surface area contributed by atoms with Crippen LogP contribution in [0, 0.1) is 5.92 Å². The highest BCUT2D eigenvalue weighted by Crippen LogP contribution is 2.07. The van der Waals surface area contributed by atoms with Crippen molar-refractivity contribution in [1.82, 2.24) is 10.6 Å². The molecule has 1 atom stereocenters. The third-order valence-electron chi connectivity index (χ3n) is 3.20. The molecule has 0 aliphatic carbocycles. The zero-order valence-electron chi connectivity index (χ0n) is 13.2. The summed E-state index contributed by atoms with van der Waals surface area (Å²) in [6, 6.07) is 0. The van der Waals surface area contributed by atoms with Crippen LogP contribution in [0.2, 0.25) is 0 Å². The maximum atomic E-state index is 12.0. The van der Waals surface area contributed by atoms with Gasteiger partial charge in [0.25, 0.3) is 0 Å². The monoisotopic (exact) mass is 272 g/mol. The summed E-state index contributed by atoms with van der Waals surface area (Å²) in [4.78, 5) is 25.2. The van der Waals surface area contributed by atoms with Gasteiger partial charge >= 0.3 is 0 Å². The largest absolute Gasteiger partial charge is 0.354 e. The number of carbonyl (C=O) groups is 2. The molecule has 0 fully saturated rings. The van der Waals surface area contributed by atoms with Crippen LogP contribution < -0.4 is 15.5 Å². The summed E-state index contributed by atoms with van der Waals surface area (Å²) in [6.07, 6.45) is 1.71. The van der Waals surface area contributed by atoms with Crippen molar-refractivity contribution < 1.29 is 14.5 Å². The molecule has 0 radical (unpaired) electrons. The standard InChI is InChI=1S/C14H29N3O2/c1-7-11(2)12(18)16-14(3,4)13(19)15-9-8-10-17(5)6/h11H,7-10H2,1-6H3,(H,15,19)(H,16,18)/p+1. The van der Waals surface area contributed by atoms with E-state index in [4.69, 9.17) is 0 Å². The van der Waals surface area contributed by atoms with Crippen molar-refractivity contribution in [3.63, 3.8) is 0 Å². The van der Waals surface area contributed by atoms with Gasteiger partial charge in [-0.05, 0) is 20.3 Å². The first-order chi connectivity index (χ1) is 8.70. The van der Waals surface area contributed by atoms with E-state index in [1.54, 1.807) is 13.8 Å². The van der Waals surface area contributed by atoms with E-state index in [1.165, 1.54) is 4.90 Å². The van der Waals surface area contributed by atoms with Crippen molar-refractivity contribution >= 4 is 11.8 Å². The Labute approximate surface area is 117 Å². The van der Waals surface area contributed by atoms with Crippen molar-refractivity contribution in [3.8, 4) is 0 Å². The molecule has 0 heterocycles. The fourth-order valence-electron chi connectivity index (χ4n) is 1.54. The molecule has 0 aromatic rings. The van der Waals surface area contributed by atoms with E-state index in [2.05, 4.69) is 24.7 Å². The van der Waals surface area contributed by atoms with E-state index >= 15 is 0 Å². The van der Waals surface area contributed by atoms with Crippen molar-refractivity contribution in [1.29, 1.82) is 0 Å². The molecule has 112 valence electrons. The lowest BCUT2D eigenvalue weighted by Gasteiger charge is -2.26. The van der Waals surface area contributed by atoms with Gasteiger partial charge in [-0.25, -0.2) is 0 Å². The number of carbonyl (C=O) groups excluding carboxylic acids is 2. The van der Waals surface area contributed by atoms with E-state index in [-0.39, 0.29) is 17.7 Å². The number of quaternary nitrogens is 1. The van der Waals surface area contributed by atoms with Crippen molar-refractivity contribution in [2.45, 2.75) is 46.1 Å². The Bertz CT molecular complexity index is 301. The summed E-state index contributed by atoms with van der Waals surface area (Å²) in [5.41, 5.74) is -0.856. The maximum Gasteiger partial charge on any atom is 0.245 e. The quantitative estimate of drug-likeness (QED) is 0.526. The minimum Gasteiger partial charge on any atom is -0.354 e. The number of hydrogen-bond donors (Lipinski definition) is 3. The first-order valence-electron chi connectivity index (χ1n) is 7.10. The third-order valence-corrected chi connectivity index (χ3v) is 3.20. The molecule has 3 N–H and O–H groups in total. The van der Waals surface area contributed by atoms with Crippen LogP contribution in [0.5, 0.6) is 0 Å². The van der Waals surface area contributed by atoms with Crippen molar-refractivity contribution in [3.05, 3.63) is 0 Å². The van der Waals surface area contributed by atoms with E-state index in [0.717, 1.165) is 19.4 Å². The minimum absolute atomic E-state index is 0.0654. The normalized spacial score (nSPS) is 13.2. The van der Waals surface area contributed by atoms with E-state index in [9.17, 15) is 9.59 Å². The fourth-order valence-corrected chi connectivity index (χ4v) is 1.54. The van der Waals surface area contributed by atoms with Gasteiger partial charge < -0.3 is 15.5 Å². The van der Waals surface area contributed by atoms with Crippen LogP contribution in [-0.2, 0) is 9.59 Å². The molecule has 2 amide bonds. The maximum absolute atomic E-state index is 12.0. The first-order valence-corrected chi connectivity index (χ1v) is 7.10. The van der Waals surface area contributed by atoms with Crippen molar-refractivity contribution in [2.24, 2.45) is 5.92 Å². The lowest BCUT2D eigenvalue weighted by Crippen LogP contribution is -3.05. The van der Waals surface area contributed by atoms with Crippen LogP contribution in [0.4, 0.5) is 0 Å². The van der Waals surface area contributed by atoms with E-state index in [1.807, 2.05) is 13.8 Å². The van der Waals surface area contributed by atoms with Gasteiger partial charge in [0.1, 0.15) is 5.54 Å². The number of amides is 2. The Hall–Kier alpha value is -1.10. The van der Waals surface area contributed by atoms with Gasteiger partial charge in [0, 0.05) is 18.9 Å². The molecule has 0 aromatic carbocycles. The number of hydrogen-bond acceptors (Lipinski definition) is 2. The summed E-state index contributed by atoms with van der Waals surface area (Å²) in [5, 5.41) is 5.67. The summed E-state index contributed by atoms with van der Waals surface area (Å²) in [7, 11) is 4.16. The van der Waals surface area contributed by atoms with Crippen LogP contribution in [0.25, 0.3) is 0 Å². The van der Waals surface area contributed by atoms with Gasteiger partial charge in [0.2, 0.25) is 11.8 Å². The zero-order valence-corrected chi connectivity index (χ0v) is 13.2. The van der Waals surface area contributed by atoms with Gasteiger partial charge in [-0.1, -0.05) is 13.8 Å². The number of nitrogens with one attached hydrogen (secondary N) is 3. The van der Waals surface area contributed by atoms with Gasteiger partial charge in [-0.15, -0.1) is 0 Å². The lowest BCUT2D eigenvalue weighted by atomic mass is 10.0. The second-order valence-electron chi connectivity index (χ2n) is 5.99. The predicted molar refractivity (Wildman–Crippen MR) is 77.0 cm³/mol. The second kappa shape index (κ2) is 8.15. The molecule has 19 heavy (non-hydrogen) atoms. The highest BCUT2D eigenvalue weighted by Gasteiger charge is 2.30. The Morgan fingerprint density at radius 2 is 1.84 bits per heavy atom. The minimum atomic E-state index is -0.856. The summed E-state index contributed by atoms with van der Waals surface area (Å²) in [6.45, 7) is 8.95. The molecular weight excluding hydrogens is 242 g/mol. The summed E-state index contributed by atoms with van der Waals surface area (Å²) < 4.78 is 0. The fraction of sp³-hybridized carbons (Fsp3) is 0.857. The third kappa shape index (κ3) is 7.15. The summed E-state index contributed by atoms with van der Waals surface area (Å²) >= 11 is 0. The SMILES string of the molecule is CCC(C)C(=O)NC(C)(C)C(=O)NCCC[NH+](C)C. The molecule has 0 aliphatic heterocycles. The molecule has 0 saturated heterocycles. The van der Waals surface area contributed by atoms with Crippen LogP contribution in [-0.4, -0.2) is 44.5 Å². The highest BCUT2D eigenvalue weighted by atomic mass is 16.2. The molecule has 0 rings (SSSR count). The summed E-state index contributed by atoms with van der Waals surface area (Å²) in [5.74, 6) is -0.261. The van der Waals surface area contributed by atoms with Crippen LogP contribution in [0.15, 0.2) is 0 Å². The highest BCUT2D eigenvalue weighted by molar-refractivity contribution is 5.91. The molecule has 5 heteroatoms. The molecule has 0 aromatic heterocycles. The first kappa shape index (κ1) is 17.9. The molecule has 0 bridgehead atoms. The van der Waals surface area contributed by atoms with E-state index in [0.29, 0.717) is 6.54 Å². The zero-order chi connectivity index (χ0) is 15.1. The van der Waals surface area contributed by atoms with Gasteiger partial charge in [-0.2, -0.15) is 0 Å². The smallest absolute Gasteiger partial charge is 0.245 e. The number of rotatable bonds is 8. The molecule has 5 nitrogen and oxygen atoms in total. The van der Waals surface area contributed by atoms with Crippen molar-refractivity contribution in [2.75, 3.05) is 27.2 Å².